The number of anilines is 2. The molecule has 0 radical (unpaired) electrons. The lowest BCUT2D eigenvalue weighted by Gasteiger charge is -2.24. The molecule has 1 N–H and O–H groups in total. The Labute approximate surface area is 133 Å². The molecule has 112 valence electrons. The number of nitrogens with one attached hydrogen (secondary N) is 1. The molecule has 1 aliphatic carbocycles. The van der Waals surface area contributed by atoms with E-state index >= 15 is 0 Å². The average molecular weight is 350 g/mol. The van der Waals surface area contributed by atoms with Crippen LogP contribution < -0.4 is 10.1 Å². The average Bonchev–Trinajstić information content (AvgIpc) is 2.96. The highest BCUT2D eigenvalue weighted by molar-refractivity contribution is 9.10. The van der Waals surface area contributed by atoms with Crippen molar-refractivity contribution in [3.63, 3.8) is 0 Å². The summed E-state index contributed by atoms with van der Waals surface area (Å²) in [6.07, 6.45) is 10.4. The summed E-state index contributed by atoms with van der Waals surface area (Å²) in [6, 6.07) is 6.54. The summed E-state index contributed by atoms with van der Waals surface area (Å²) in [5, 5.41) is 3.41. The van der Waals surface area contributed by atoms with Crippen molar-refractivity contribution in [2.45, 2.75) is 38.1 Å². The molecule has 1 heterocycles. The number of hydrogen-bond donors (Lipinski definition) is 1. The molecule has 4 nitrogen and oxygen atoms in total. The maximum Gasteiger partial charge on any atom is 0.207 e. The van der Waals surface area contributed by atoms with Crippen molar-refractivity contribution in [2.75, 3.05) is 12.4 Å². The molecule has 0 aliphatic heterocycles. The van der Waals surface area contributed by atoms with Gasteiger partial charge in [-0.1, -0.05) is 19.3 Å². The Morgan fingerprint density at radius 1 is 1.29 bits per heavy atom. The molecular formula is C16H20BrN3O. The first-order valence-corrected chi connectivity index (χ1v) is 8.20. The van der Waals surface area contributed by atoms with Crippen molar-refractivity contribution < 1.29 is 4.74 Å². The zero-order valence-corrected chi connectivity index (χ0v) is 13.8. The zero-order valence-electron chi connectivity index (χ0n) is 12.2. The largest absolute Gasteiger partial charge is 0.496 e. The Balaban J connectivity index is 1.79. The standard InChI is InChI=1S/C16H20BrN3O/c1-21-15-8-7-12(11-14(15)17)19-16-18-9-10-20(16)13-5-3-2-4-6-13/h7-11,13H,2-6H2,1H3,(H,18,19). The first kappa shape index (κ1) is 14.4. The second-order valence-corrected chi connectivity index (χ2v) is 6.28. The minimum atomic E-state index is 0.574. The van der Waals surface area contributed by atoms with E-state index in [2.05, 4.69) is 37.0 Å². The molecule has 0 atom stereocenters. The van der Waals surface area contributed by atoms with E-state index in [1.807, 2.05) is 24.4 Å². The topological polar surface area (TPSA) is 39.1 Å². The van der Waals surface area contributed by atoms with Gasteiger partial charge in [0.05, 0.1) is 11.6 Å². The van der Waals surface area contributed by atoms with Gasteiger partial charge in [0.15, 0.2) is 0 Å². The van der Waals surface area contributed by atoms with Gasteiger partial charge in [0.25, 0.3) is 0 Å². The van der Waals surface area contributed by atoms with E-state index in [1.165, 1.54) is 32.1 Å². The van der Waals surface area contributed by atoms with Crippen LogP contribution >= 0.6 is 15.9 Å². The number of halogens is 1. The molecule has 1 aliphatic rings. The SMILES string of the molecule is COc1ccc(Nc2nccn2C2CCCCC2)cc1Br. The second kappa shape index (κ2) is 6.52. The summed E-state index contributed by atoms with van der Waals surface area (Å²) in [4.78, 5) is 4.46. The number of ether oxygens (including phenoxy) is 1. The molecule has 0 saturated heterocycles. The summed E-state index contributed by atoms with van der Waals surface area (Å²) in [5.41, 5.74) is 1.01. The summed E-state index contributed by atoms with van der Waals surface area (Å²) in [6.45, 7) is 0. The van der Waals surface area contributed by atoms with Gasteiger partial charge in [-0.15, -0.1) is 0 Å². The Morgan fingerprint density at radius 3 is 2.81 bits per heavy atom. The molecule has 1 fully saturated rings. The van der Waals surface area contributed by atoms with Crippen LogP contribution in [0.25, 0.3) is 0 Å². The monoisotopic (exact) mass is 349 g/mol. The summed E-state index contributed by atoms with van der Waals surface area (Å²) < 4.78 is 8.47. The van der Waals surface area contributed by atoms with E-state index < -0.39 is 0 Å². The van der Waals surface area contributed by atoms with Gasteiger partial charge in [0.1, 0.15) is 5.75 Å². The molecule has 1 aromatic carbocycles. The minimum Gasteiger partial charge on any atom is -0.496 e. The van der Waals surface area contributed by atoms with E-state index in [0.717, 1.165) is 21.9 Å². The molecule has 1 saturated carbocycles. The molecular weight excluding hydrogens is 330 g/mol. The Morgan fingerprint density at radius 2 is 2.10 bits per heavy atom. The lowest BCUT2D eigenvalue weighted by Crippen LogP contribution is -2.14. The smallest absolute Gasteiger partial charge is 0.207 e. The number of methoxy groups -OCH3 is 1. The molecule has 3 rings (SSSR count). The van der Waals surface area contributed by atoms with Gasteiger partial charge >= 0.3 is 0 Å². The van der Waals surface area contributed by atoms with Gasteiger partial charge in [-0.05, 0) is 47.0 Å². The Hall–Kier alpha value is -1.49. The van der Waals surface area contributed by atoms with Crippen molar-refractivity contribution in [2.24, 2.45) is 0 Å². The number of nitrogens with zero attached hydrogens (tertiary/aromatic N) is 2. The highest BCUT2D eigenvalue weighted by Crippen LogP contribution is 2.32. The van der Waals surface area contributed by atoms with Gasteiger partial charge < -0.3 is 14.6 Å². The van der Waals surface area contributed by atoms with Crippen molar-refractivity contribution in [1.82, 2.24) is 9.55 Å². The predicted octanol–water partition coefficient (Wildman–Crippen LogP) is 4.90. The van der Waals surface area contributed by atoms with Crippen LogP contribution in [0.2, 0.25) is 0 Å². The summed E-state index contributed by atoms with van der Waals surface area (Å²) in [5.74, 6) is 1.75. The van der Waals surface area contributed by atoms with Crippen molar-refractivity contribution in [3.8, 4) is 5.75 Å². The van der Waals surface area contributed by atoms with Crippen LogP contribution in [-0.4, -0.2) is 16.7 Å². The second-order valence-electron chi connectivity index (χ2n) is 5.42. The fourth-order valence-electron chi connectivity index (χ4n) is 2.94. The number of aromatic nitrogens is 2. The lowest BCUT2D eigenvalue weighted by molar-refractivity contribution is 0.356. The fraction of sp³-hybridized carbons (Fsp3) is 0.438. The van der Waals surface area contributed by atoms with E-state index in [4.69, 9.17) is 4.74 Å². The lowest BCUT2D eigenvalue weighted by atomic mass is 9.95. The van der Waals surface area contributed by atoms with Gasteiger partial charge in [0.2, 0.25) is 5.95 Å². The van der Waals surface area contributed by atoms with Crippen molar-refractivity contribution >= 4 is 27.6 Å². The molecule has 0 bridgehead atoms. The van der Waals surface area contributed by atoms with Gasteiger partial charge in [-0.3, -0.25) is 0 Å². The highest BCUT2D eigenvalue weighted by Gasteiger charge is 2.17. The maximum absolute atomic E-state index is 5.26. The van der Waals surface area contributed by atoms with E-state index in [0.29, 0.717) is 6.04 Å². The third-order valence-corrected chi connectivity index (χ3v) is 4.66. The van der Waals surface area contributed by atoms with Crippen LogP contribution in [0.4, 0.5) is 11.6 Å². The fourth-order valence-corrected chi connectivity index (χ4v) is 3.48. The first-order chi connectivity index (χ1) is 10.3. The van der Waals surface area contributed by atoms with Crippen LogP contribution in [0.5, 0.6) is 5.75 Å². The highest BCUT2D eigenvalue weighted by atomic mass is 79.9. The van der Waals surface area contributed by atoms with Gasteiger partial charge in [0, 0.05) is 24.1 Å². The van der Waals surface area contributed by atoms with Crippen LogP contribution in [0, 0.1) is 0 Å². The summed E-state index contributed by atoms with van der Waals surface area (Å²) in [7, 11) is 1.67. The molecule has 1 aromatic heterocycles. The molecule has 21 heavy (non-hydrogen) atoms. The third kappa shape index (κ3) is 3.23. The summed E-state index contributed by atoms with van der Waals surface area (Å²) >= 11 is 3.51. The number of benzene rings is 1. The number of imidazole rings is 1. The molecule has 0 amide bonds. The van der Waals surface area contributed by atoms with Crippen molar-refractivity contribution in [3.05, 3.63) is 35.1 Å². The van der Waals surface area contributed by atoms with E-state index in [1.54, 1.807) is 7.11 Å². The number of rotatable bonds is 4. The molecule has 5 heteroatoms. The zero-order chi connectivity index (χ0) is 14.7. The Kier molecular flexibility index (Phi) is 4.48. The van der Waals surface area contributed by atoms with E-state index in [9.17, 15) is 0 Å². The first-order valence-electron chi connectivity index (χ1n) is 7.41. The predicted molar refractivity (Wildman–Crippen MR) is 88.3 cm³/mol. The molecule has 0 spiro atoms. The quantitative estimate of drug-likeness (QED) is 0.852. The maximum atomic E-state index is 5.26. The van der Waals surface area contributed by atoms with E-state index in [-0.39, 0.29) is 0 Å². The minimum absolute atomic E-state index is 0.574. The normalized spacial score (nSPS) is 15.9. The van der Waals surface area contributed by atoms with Crippen molar-refractivity contribution in [1.29, 1.82) is 0 Å². The van der Waals surface area contributed by atoms with Crippen LogP contribution in [-0.2, 0) is 0 Å². The van der Waals surface area contributed by atoms with Gasteiger partial charge in [-0.2, -0.15) is 0 Å². The Bertz CT molecular complexity index is 605. The van der Waals surface area contributed by atoms with Crippen LogP contribution in [0.15, 0.2) is 35.1 Å². The number of hydrogen-bond acceptors (Lipinski definition) is 3. The third-order valence-electron chi connectivity index (χ3n) is 4.04. The van der Waals surface area contributed by atoms with Crippen LogP contribution in [0.3, 0.4) is 0 Å². The van der Waals surface area contributed by atoms with Gasteiger partial charge in [-0.25, -0.2) is 4.98 Å². The molecule has 0 unspecified atom stereocenters. The molecule has 2 aromatic rings. The van der Waals surface area contributed by atoms with Crippen LogP contribution in [0.1, 0.15) is 38.1 Å².